The number of methoxy groups -OCH3 is 2. The number of nitrogens with two attached hydrogens (primary N) is 1. The molecular weight excluding hydrogens is 394 g/mol. The fourth-order valence-corrected chi connectivity index (χ4v) is 3.24. The largest absolute Gasteiger partial charge is 0.383 e. The molecule has 0 spiro atoms. The fourth-order valence-electron chi connectivity index (χ4n) is 2.57. The van der Waals surface area contributed by atoms with E-state index >= 15 is 0 Å². The minimum atomic E-state index is -2.81. The van der Waals surface area contributed by atoms with Gasteiger partial charge in [-0.2, -0.15) is 0 Å². The minimum absolute atomic E-state index is 0.220. The van der Waals surface area contributed by atoms with Crippen molar-refractivity contribution in [3.05, 3.63) is 41.9 Å². The first-order valence-corrected chi connectivity index (χ1v) is 10.7. The van der Waals surface area contributed by atoms with Crippen molar-refractivity contribution < 1.29 is 18.5 Å². The van der Waals surface area contributed by atoms with E-state index in [4.69, 9.17) is 14.6 Å². The smallest absolute Gasteiger partial charge is 0.274 e. The van der Waals surface area contributed by atoms with Gasteiger partial charge >= 0.3 is 0 Å². The van der Waals surface area contributed by atoms with E-state index in [9.17, 15) is 9.00 Å². The lowest BCUT2D eigenvalue weighted by Crippen LogP contribution is -2.31. The van der Waals surface area contributed by atoms with Gasteiger partial charge in [0.25, 0.3) is 5.91 Å². The number of hydrogen-bond donors (Lipinski definition) is 2. The second-order valence-electron chi connectivity index (χ2n) is 6.39. The van der Waals surface area contributed by atoms with Crippen LogP contribution in [0.5, 0.6) is 0 Å². The van der Waals surface area contributed by atoms with Crippen LogP contribution in [0.2, 0.25) is 0 Å². The van der Waals surface area contributed by atoms with E-state index in [-0.39, 0.29) is 11.6 Å². The Morgan fingerprint density at radius 1 is 1.21 bits per heavy atom. The molecule has 1 amide bonds. The number of nitrogens with zero attached hydrogens (tertiary/aromatic N) is 3. The van der Waals surface area contributed by atoms with E-state index in [1.54, 1.807) is 45.4 Å². The predicted molar refractivity (Wildman–Crippen MR) is 115 cm³/mol. The first-order valence-electron chi connectivity index (χ1n) is 8.88. The maximum absolute atomic E-state index is 12.7. The third-order valence-corrected chi connectivity index (χ3v) is 5.24. The molecule has 10 heteroatoms. The van der Waals surface area contributed by atoms with Crippen LogP contribution >= 0.6 is 0 Å². The van der Waals surface area contributed by atoms with Crippen LogP contribution in [0.3, 0.4) is 0 Å². The number of carbonyl (C=O) groups is 1. The Bertz CT molecular complexity index is 941. The van der Waals surface area contributed by atoms with E-state index in [2.05, 4.69) is 21.2 Å². The van der Waals surface area contributed by atoms with Crippen LogP contribution in [0, 0.1) is 6.92 Å². The van der Waals surface area contributed by atoms with Crippen molar-refractivity contribution in [1.29, 1.82) is 0 Å². The van der Waals surface area contributed by atoms with Gasteiger partial charge in [-0.1, -0.05) is 0 Å². The van der Waals surface area contributed by atoms with E-state index < -0.39 is 9.71 Å². The number of amides is 1. The van der Waals surface area contributed by atoms with Gasteiger partial charge in [-0.15, -0.1) is 0 Å². The Kier molecular flexibility index (Phi) is 8.09. The first-order chi connectivity index (χ1) is 13.8. The maximum Gasteiger partial charge on any atom is 0.274 e. The van der Waals surface area contributed by atoms with Gasteiger partial charge in [0.2, 0.25) is 0 Å². The Hall–Kier alpha value is -2.53. The number of anilines is 2. The molecule has 0 saturated carbocycles. The van der Waals surface area contributed by atoms with Gasteiger partial charge in [0, 0.05) is 44.0 Å². The summed E-state index contributed by atoms with van der Waals surface area (Å²) in [5, 5.41) is 8.38. The lowest BCUT2D eigenvalue weighted by molar-refractivity contribution is 0.102. The molecule has 1 aromatic heterocycles. The SMILES string of the molecule is C=S(N)(=O)c1ccc(NC(=O)c2cc(N(CCOC)CCOC)ncn2)c(C)c1. The molecule has 0 saturated heterocycles. The zero-order valence-electron chi connectivity index (χ0n) is 16.9. The van der Waals surface area contributed by atoms with Crippen LogP contribution in [0.4, 0.5) is 11.5 Å². The Morgan fingerprint density at radius 3 is 2.41 bits per heavy atom. The predicted octanol–water partition coefficient (Wildman–Crippen LogP) is 1.09. The number of hydrogen-bond acceptors (Lipinski definition) is 7. The molecule has 1 atom stereocenters. The highest BCUT2D eigenvalue weighted by atomic mass is 32.2. The molecule has 0 aliphatic rings. The van der Waals surface area contributed by atoms with Gasteiger partial charge in [-0.3, -0.25) is 9.93 Å². The van der Waals surface area contributed by atoms with Crippen LogP contribution in [0.15, 0.2) is 35.5 Å². The van der Waals surface area contributed by atoms with E-state index in [0.29, 0.717) is 48.3 Å². The average molecular weight is 422 g/mol. The van der Waals surface area contributed by atoms with Crippen LogP contribution in [-0.2, 0) is 19.2 Å². The molecule has 9 nitrogen and oxygen atoms in total. The summed E-state index contributed by atoms with van der Waals surface area (Å²) in [4.78, 5) is 23.4. The molecule has 1 unspecified atom stereocenters. The summed E-state index contributed by atoms with van der Waals surface area (Å²) in [6.45, 7) is 4.01. The van der Waals surface area contributed by atoms with Crippen LogP contribution in [0.25, 0.3) is 0 Å². The third kappa shape index (κ3) is 6.50. The van der Waals surface area contributed by atoms with Crippen LogP contribution < -0.4 is 15.4 Å². The molecule has 0 radical (unpaired) electrons. The van der Waals surface area contributed by atoms with Crippen LogP contribution in [-0.4, -0.2) is 66.5 Å². The van der Waals surface area contributed by atoms with E-state index in [0.717, 1.165) is 0 Å². The molecule has 3 N–H and O–H groups in total. The van der Waals surface area contributed by atoms with Gasteiger partial charge in [-0.25, -0.2) is 14.2 Å². The molecule has 0 fully saturated rings. The van der Waals surface area contributed by atoms with Crippen molar-refractivity contribution in [2.45, 2.75) is 11.8 Å². The lowest BCUT2D eigenvalue weighted by atomic mass is 10.2. The topological polar surface area (TPSA) is 120 Å². The van der Waals surface area contributed by atoms with Crippen molar-refractivity contribution in [1.82, 2.24) is 9.97 Å². The normalized spacial score (nSPS) is 13.0. The Balaban J connectivity index is 2.20. The summed E-state index contributed by atoms with van der Waals surface area (Å²) in [6.07, 6.45) is 1.35. The number of ether oxygens (including phenoxy) is 2. The number of aryl methyl sites for hydroxylation is 1. The standard InChI is InChI=1S/C19H27N5O4S/c1-14-11-15(29(4,20)26)5-6-16(14)23-19(25)17-12-18(22-13-21-17)24(7-9-27-2)8-10-28-3/h5-6,11-13H,4,7-10H2,1-3H3,(H2,20,26)(H,23,25). The summed E-state index contributed by atoms with van der Waals surface area (Å²) in [6, 6.07) is 6.49. The molecule has 2 aromatic rings. The lowest BCUT2D eigenvalue weighted by Gasteiger charge is -2.23. The van der Waals surface area contributed by atoms with Gasteiger partial charge in [0.15, 0.2) is 0 Å². The summed E-state index contributed by atoms with van der Waals surface area (Å²) in [7, 11) is 0.435. The molecule has 2 rings (SSSR count). The molecule has 0 aliphatic heterocycles. The van der Waals surface area contributed by atoms with Crippen molar-refractivity contribution in [3.63, 3.8) is 0 Å². The Morgan fingerprint density at radius 2 is 1.86 bits per heavy atom. The highest BCUT2D eigenvalue weighted by molar-refractivity contribution is 7.98. The molecule has 158 valence electrons. The third-order valence-electron chi connectivity index (χ3n) is 4.18. The van der Waals surface area contributed by atoms with Crippen LogP contribution in [0.1, 0.15) is 16.1 Å². The monoisotopic (exact) mass is 421 g/mol. The summed E-state index contributed by atoms with van der Waals surface area (Å²) in [5.41, 5.74) is 1.50. The van der Waals surface area contributed by atoms with Crippen molar-refractivity contribution in [2.24, 2.45) is 5.14 Å². The van der Waals surface area contributed by atoms with E-state index in [1.807, 2.05) is 4.90 Å². The van der Waals surface area contributed by atoms with Gasteiger partial charge in [-0.05, 0) is 36.6 Å². The van der Waals surface area contributed by atoms with Crippen molar-refractivity contribution in [2.75, 3.05) is 50.7 Å². The summed E-state index contributed by atoms with van der Waals surface area (Å²) < 4.78 is 22.2. The maximum atomic E-state index is 12.7. The first kappa shape index (κ1) is 22.8. The highest BCUT2D eigenvalue weighted by Crippen LogP contribution is 2.20. The fraction of sp³-hybridized carbons (Fsp3) is 0.368. The molecular formula is C19H27N5O4S. The van der Waals surface area contributed by atoms with Crippen molar-refractivity contribution >= 4 is 33.0 Å². The van der Waals surface area contributed by atoms with E-state index in [1.165, 1.54) is 6.33 Å². The zero-order chi connectivity index (χ0) is 21.4. The van der Waals surface area contributed by atoms with Crippen molar-refractivity contribution in [3.8, 4) is 0 Å². The second-order valence-corrected chi connectivity index (χ2v) is 8.32. The quantitative estimate of drug-likeness (QED) is 0.551. The van der Waals surface area contributed by atoms with Gasteiger partial charge in [0.05, 0.1) is 22.9 Å². The number of nitrogens with one attached hydrogen (secondary N) is 1. The number of rotatable bonds is 10. The number of aromatic nitrogens is 2. The molecule has 0 aliphatic carbocycles. The molecule has 1 heterocycles. The minimum Gasteiger partial charge on any atom is -0.383 e. The second kappa shape index (κ2) is 10.3. The summed E-state index contributed by atoms with van der Waals surface area (Å²) >= 11 is 0. The zero-order valence-corrected chi connectivity index (χ0v) is 17.7. The summed E-state index contributed by atoms with van der Waals surface area (Å²) in [5.74, 6) is 3.69. The van der Waals surface area contributed by atoms with Gasteiger partial charge < -0.3 is 19.7 Å². The molecule has 1 aromatic carbocycles. The number of carbonyl (C=O) groups excluding carboxylic acids is 1. The number of benzene rings is 1. The molecule has 0 bridgehead atoms. The highest BCUT2D eigenvalue weighted by Gasteiger charge is 2.15. The molecule has 29 heavy (non-hydrogen) atoms. The van der Waals surface area contributed by atoms with Gasteiger partial charge in [0.1, 0.15) is 17.8 Å². The Labute approximate surface area is 171 Å². The average Bonchev–Trinajstić information content (AvgIpc) is 2.69.